The summed E-state index contributed by atoms with van der Waals surface area (Å²) in [5.74, 6) is 2.14. The van der Waals surface area contributed by atoms with Crippen molar-refractivity contribution in [3.8, 4) is 11.5 Å². The number of aliphatic imine (C=N–C) groups is 1. The van der Waals surface area contributed by atoms with Crippen LogP contribution in [0.4, 0.5) is 5.69 Å². The fraction of sp³-hybridized carbons (Fsp3) is 0.435. The van der Waals surface area contributed by atoms with Crippen LogP contribution in [0.2, 0.25) is 0 Å². The van der Waals surface area contributed by atoms with Gasteiger partial charge in [-0.3, -0.25) is 4.99 Å². The molecule has 0 unspecified atom stereocenters. The van der Waals surface area contributed by atoms with Gasteiger partial charge in [-0.2, -0.15) is 0 Å². The first-order chi connectivity index (χ1) is 14.2. The zero-order chi connectivity index (χ0) is 20.5. The summed E-state index contributed by atoms with van der Waals surface area (Å²) in [4.78, 5) is 4.40. The van der Waals surface area contributed by atoms with E-state index in [0.717, 1.165) is 44.2 Å². The van der Waals surface area contributed by atoms with E-state index >= 15 is 0 Å². The number of rotatable bonds is 7. The molecule has 0 bridgehead atoms. The van der Waals surface area contributed by atoms with Gasteiger partial charge in [-0.15, -0.1) is 0 Å². The predicted molar refractivity (Wildman–Crippen MR) is 117 cm³/mol. The zero-order valence-corrected chi connectivity index (χ0v) is 17.5. The zero-order valence-electron chi connectivity index (χ0n) is 17.5. The second-order valence-corrected chi connectivity index (χ2v) is 7.11. The number of nitrogens with zero attached hydrogens (tertiary/aromatic N) is 1. The lowest BCUT2D eigenvalue weighted by molar-refractivity contribution is 0.0514. The summed E-state index contributed by atoms with van der Waals surface area (Å²) in [6.45, 7) is 4.87. The minimum atomic E-state index is 0.0352. The smallest absolute Gasteiger partial charge is 0.195 e. The molecule has 1 aliphatic heterocycles. The van der Waals surface area contributed by atoms with Gasteiger partial charge in [-0.25, -0.2) is 0 Å². The molecule has 0 aliphatic carbocycles. The number of hydrogen-bond donors (Lipinski definition) is 2. The summed E-state index contributed by atoms with van der Waals surface area (Å²) in [5, 5.41) is 6.88. The molecule has 0 atom stereocenters. The van der Waals surface area contributed by atoms with E-state index in [1.807, 2.05) is 25.1 Å². The predicted octanol–water partition coefficient (Wildman–Crippen LogP) is 3.83. The highest BCUT2D eigenvalue weighted by molar-refractivity contribution is 5.93. The number of methoxy groups -OCH3 is 1. The van der Waals surface area contributed by atoms with Crippen LogP contribution in [0.5, 0.6) is 11.5 Å². The van der Waals surface area contributed by atoms with Crippen molar-refractivity contribution in [2.45, 2.75) is 25.2 Å². The highest BCUT2D eigenvalue weighted by atomic mass is 16.5. The standard InChI is InChI=1S/C23H31N3O3/c1-4-29-21-16-19(10-11-20(21)27-3)26-22(24-2)25-17-23(12-14-28-15-13-23)18-8-6-5-7-9-18/h5-11,16H,4,12-15,17H2,1-3H3,(H2,24,25,26). The molecule has 2 aromatic rings. The maximum atomic E-state index is 5.67. The van der Waals surface area contributed by atoms with E-state index in [0.29, 0.717) is 18.1 Å². The van der Waals surface area contributed by atoms with Gasteiger partial charge in [0.15, 0.2) is 17.5 Å². The van der Waals surface area contributed by atoms with Gasteiger partial charge in [-0.05, 0) is 37.5 Å². The van der Waals surface area contributed by atoms with Crippen molar-refractivity contribution in [3.63, 3.8) is 0 Å². The summed E-state index contributed by atoms with van der Waals surface area (Å²) in [6, 6.07) is 16.5. The van der Waals surface area contributed by atoms with E-state index in [4.69, 9.17) is 14.2 Å². The van der Waals surface area contributed by atoms with Gasteiger partial charge in [0.1, 0.15) is 0 Å². The molecule has 2 aromatic carbocycles. The van der Waals surface area contributed by atoms with Gasteiger partial charge in [0.05, 0.1) is 13.7 Å². The van der Waals surface area contributed by atoms with Gasteiger partial charge >= 0.3 is 0 Å². The quantitative estimate of drug-likeness (QED) is 0.549. The fourth-order valence-corrected chi connectivity index (χ4v) is 3.71. The van der Waals surface area contributed by atoms with E-state index in [9.17, 15) is 0 Å². The molecule has 6 heteroatoms. The maximum Gasteiger partial charge on any atom is 0.195 e. The van der Waals surface area contributed by atoms with Crippen LogP contribution in [0.1, 0.15) is 25.3 Å². The molecular weight excluding hydrogens is 366 g/mol. The molecule has 2 N–H and O–H groups in total. The summed E-state index contributed by atoms with van der Waals surface area (Å²) >= 11 is 0. The molecule has 0 radical (unpaired) electrons. The van der Waals surface area contributed by atoms with Crippen molar-refractivity contribution >= 4 is 11.6 Å². The van der Waals surface area contributed by atoms with Crippen LogP contribution in [0.15, 0.2) is 53.5 Å². The lowest BCUT2D eigenvalue weighted by Gasteiger charge is -2.38. The first-order valence-corrected chi connectivity index (χ1v) is 10.1. The summed E-state index contributed by atoms with van der Waals surface area (Å²) in [7, 11) is 3.42. The van der Waals surface area contributed by atoms with Crippen LogP contribution < -0.4 is 20.1 Å². The summed E-state index contributed by atoms with van der Waals surface area (Å²) < 4.78 is 16.7. The van der Waals surface area contributed by atoms with E-state index in [1.54, 1.807) is 14.2 Å². The molecular formula is C23H31N3O3. The van der Waals surface area contributed by atoms with Gasteiger partial charge in [0.25, 0.3) is 0 Å². The average molecular weight is 398 g/mol. The topological polar surface area (TPSA) is 64.1 Å². The Morgan fingerprint density at radius 2 is 1.86 bits per heavy atom. The number of anilines is 1. The Hall–Kier alpha value is -2.73. The minimum absolute atomic E-state index is 0.0352. The number of benzene rings is 2. The molecule has 0 saturated carbocycles. The largest absolute Gasteiger partial charge is 0.493 e. The Labute approximate surface area is 173 Å². The Morgan fingerprint density at radius 3 is 2.52 bits per heavy atom. The number of ether oxygens (including phenoxy) is 3. The third-order valence-electron chi connectivity index (χ3n) is 5.38. The molecule has 0 aromatic heterocycles. The van der Waals surface area contributed by atoms with Crippen LogP contribution in [-0.4, -0.2) is 46.5 Å². The molecule has 1 saturated heterocycles. The third kappa shape index (κ3) is 5.21. The summed E-state index contributed by atoms with van der Waals surface area (Å²) in [5.41, 5.74) is 2.27. The third-order valence-corrected chi connectivity index (χ3v) is 5.38. The minimum Gasteiger partial charge on any atom is -0.493 e. The van der Waals surface area contributed by atoms with Gasteiger partial charge in [0.2, 0.25) is 0 Å². The van der Waals surface area contributed by atoms with Crippen molar-refractivity contribution in [1.29, 1.82) is 0 Å². The monoisotopic (exact) mass is 397 g/mol. The van der Waals surface area contributed by atoms with E-state index in [1.165, 1.54) is 5.56 Å². The highest BCUT2D eigenvalue weighted by Crippen LogP contribution is 2.34. The van der Waals surface area contributed by atoms with Crippen LogP contribution in [-0.2, 0) is 10.2 Å². The van der Waals surface area contributed by atoms with Crippen LogP contribution >= 0.6 is 0 Å². The van der Waals surface area contributed by atoms with Crippen molar-refractivity contribution in [3.05, 3.63) is 54.1 Å². The molecule has 1 heterocycles. The SMILES string of the molecule is CCOc1cc(NC(=NC)NCC2(c3ccccc3)CCOCC2)ccc1OC. The number of guanidine groups is 1. The number of nitrogens with one attached hydrogen (secondary N) is 2. The van der Waals surface area contributed by atoms with Crippen molar-refractivity contribution in [2.75, 3.05) is 45.8 Å². The second-order valence-electron chi connectivity index (χ2n) is 7.11. The Kier molecular flexibility index (Phi) is 7.36. The lowest BCUT2D eigenvalue weighted by atomic mass is 9.74. The molecule has 29 heavy (non-hydrogen) atoms. The second kappa shape index (κ2) is 10.2. The first-order valence-electron chi connectivity index (χ1n) is 10.1. The van der Waals surface area contributed by atoms with E-state index in [-0.39, 0.29) is 5.41 Å². The van der Waals surface area contributed by atoms with Gasteiger partial charge < -0.3 is 24.8 Å². The molecule has 0 spiro atoms. The highest BCUT2D eigenvalue weighted by Gasteiger charge is 2.34. The van der Waals surface area contributed by atoms with E-state index in [2.05, 4.69) is 46.0 Å². The molecule has 1 fully saturated rings. The number of hydrogen-bond acceptors (Lipinski definition) is 4. The lowest BCUT2D eigenvalue weighted by Crippen LogP contribution is -2.46. The van der Waals surface area contributed by atoms with E-state index < -0.39 is 0 Å². The summed E-state index contributed by atoms with van der Waals surface area (Å²) in [6.07, 6.45) is 1.97. The van der Waals surface area contributed by atoms with Crippen molar-refractivity contribution < 1.29 is 14.2 Å². The molecule has 6 nitrogen and oxygen atoms in total. The van der Waals surface area contributed by atoms with Gasteiger partial charge in [0, 0.05) is 44.0 Å². The van der Waals surface area contributed by atoms with Crippen LogP contribution in [0, 0.1) is 0 Å². The molecule has 156 valence electrons. The van der Waals surface area contributed by atoms with Crippen LogP contribution in [0.3, 0.4) is 0 Å². The molecule has 1 aliphatic rings. The Morgan fingerprint density at radius 1 is 1.10 bits per heavy atom. The maximum absolute atomic E-state index is 5.67. The normalized spacial score (nSPS) is 16.2. The average Bonchev–Trinajstić information content (AvgIpc) is 2.78. The Balaban J connectivity index is 1.72. The van der Waals surface area contributed by atoms with Crippen molar-refractivity contribution in [2.24, 2.45) is 4.99 Å². The fourth-order valence-electron chi connectivity index (χ4n) is 3.71. The molecule has 0 amide bonds. The molecule has 3 rings (SSSR count). The van der Waals surface area contributed by atoms with Crippen LogP contribution in [0.25, 0.3) is 0 Å². The Bertz CT molecular complexity index is 802. The first kappa shape index (κ1) is 21.0. The van der Waals surface area contributed by atoms with Gasteiger partial charge in [-0.1, -0.05) is 30.3 Å². The van der Waals surface area contributed by atoms with Crippen molar-refractivity contribution in [1.82, 2.24) is 5.32 Å².